The van der Waals surface area contributed by atoms with E-state index < -0.39 is 0 Å². The Kier molecular flexibility index (Phi) is 3.86. The maximum Gasteiger partial charge on any atom is 0.00356 e. The molecule has 1 rings (SSSR count). The summed E-state index contributed by atoms with van der Waals surface area (Å²) in [6, 6.07) is 0.686. The molecule has 1 heteroatoms. The monoisotopic (exact) mass is 211 g/mol. The molecule has 1 nitrogen and oxygen atoms in total. The van der Waals surface area contributed by atoms with Crippen LogP contribution in [0.15, 0.2) is 0 Å². The quantitative estimate of drug-likeness (QED) is 0.689. The van der Waals surface area contributed by atoms with Crippen LogP contribution in [0.1, 0.15) is 48.0 Å². The van der Waals surface area contributed by atoms with Gasteiger partial charge < -0.3 is 4.90 Å². The standard InChI is InChI=1S/C14H29N/c1-10(2)15(7)9-12-8-13(11(12)3)14(4,5)6/h10-13H,8-9H2,1-7H3. The van der Waals surface area contributed by atoms with Crippen LogP contribution in [0.4, 0.5) is 0 Å². The highest BCUT2D eigenvalue weighted by atomic mass is 15.1. The van der Waals surface area contributed by atoms with Gasteiger partial charge in [0.25, 0.3) is 0 Å². The van der Waals surface area contributed by atoms with Crippen LogP contribution >= 0.6 is 0 Å². The van der Waals surface area contributed by atoms with Crippen molar-refractivity contribution in [3.05, 3.63) is 0 Å². The Morgan fingerprint density at radius 3 is 2.13 bits per heavy atom. The van der Waals surface area contributed by atoms with Gasteiger partial charge in [-0.1, -0.05) is 27.7 Å². The molecule has 0 saturated heterocycles. The van der Waals surface area contributed by atoms with Crippen molar-refractivity contribution < 1.29 is 0 Å². The number of rotatable bonds is 3. The summed E-state index contributed by atoms with van der Waals surface area (Å²) in [7, 11) is 2.25. The third kappa shape index (κ3) is 2.96. The average molecular weight is 211 g/mol. The van der Waals surface area contributed by atoms with E-state index in [1.165, 1.54) is 13.0 Å². The Balaban J connectivity index is 2.39. The van der Waals surface area contributed by atoms with Crippen molar-refractivity contribution >= 4 is 0 Å². The van der Waals surface area contributed by atoms with Gasteiger partial charge in [0, 0.05) is 12.6 Å². The summed E-state index contributed by atoms with van der Waals surface area (Å²) in [5.41, 5.74) is 0.506. The zero-order chi connectivity index (χ0) is 11.8. The molecule has 15 heavy (non-hydrogen) atoms. The van der Waals surface area contributed by atoms with E-state index in [4.69, 9.17) is 0 Å². The van der Waals surface area contributed by atoms with Crippen molar-refractivity contribution in [1.29, 1.82) is 0 Å². The molecular weight excluding hydrogens is 182 g/mol. The first-order valence-electron chi connectivity index (χ1n) is 6.43. The Labute approximate surface area is 96.2 Å². The molecule has 0 amide bonds. The van der Waals surface area contributed by atoms with Gasteiger partial charge in [-0.05, 0) is 50.5 Å². The minimum Gasteiger partial charge on any atom is -0.304 e. The van der Waals surface area contributed by atoms with Gasteiger partial charge in [0.2, 0.25) is 0 Å². The first kappa shape index (κ1) is 13.0. The molecule has 0 aromatic carbocycles. The van der Waals surface area contributed by atoms with Crippen molar-refractivity contribution in [2.24, 2.45) is 23.2 Å². The van der Waals surface area contributed by atoms with Crippen LogP contribution in [0.3, 0.4) is 0 Å². The van der Waals surface area contributed by atoms with Crippen molar-refractivity contribution in [3.63, 3.8) is 0 Å². The number of hydrogen-bond acceptors (Lipinski definition) is 1. The van der Waals surface area contributed by atoms with Crippen molar-refractivity contribution in [1.82, 2.24) is 4.90 Å². The van der Waals surface area contributed by atoms with Gasteiger partial charge in [-0.25, -0.2) is 0 Å². The molecule has 1 aliphatic carbocycles. The van der Waals surface area contributed by atoms with E-state index in [0.29, 0.717) is 11.5 Å². The maximum absolute atomic E-state index is 2.49. The molecule has 3 atom stereocenters. The van der Waals surface area contributed by atoms with E-state index in [-0.39, 0.29) is 0 Å². The zero-order valence-electron chi connectivity index (χ0n) is 11.7. The summed E-state index contributed by atoms with van der Waals surface area (Å²) >= 11 is 0. The molecule has 0 aromatic heterocycles. The SMILES string of the molecule is CC1C(CN(C)C(C)C)CC1C(C)(C)C. The molecule has 0 radical (unpaired) electrons. The number of nitrogens with zero attached hydrogens (tertiary/aromatic N) is 1. The lowest BCUT2D eigenvalue weighted by Gasteiger charge is -2.51. The van der Waals surface area contributed by atoms with Crippen molar-refractivity contribution in [2.45, 2.75) is 54.0 Å². The van der Waals surface area contributed by atoms with Crippen LogP contribution in [-0.2, 0) is 0 Å². The highest BCUT2D eigenvalue weighted by Gasteiger charge is 2.43. The zero-order valence-corrected chi connectivity index (χ0v) is 11.7. The fraction of sp³-hybridized carbons (Fsp3) is 1.00. The molecule has 1 saturated carbocycles. The van der Waals surface area contributed by atoms with Gasteiger partial charge >= 0.3 is 0 Å². The summed E-state index contributed by atoms with van der Waals surface area (Å²) in [5.74, 6) is 2.77. The highest BCUT2D eigenvalue weighted by Crippen LogP contribution is 2.49. The van der Waals surface area contributed by atoms with Crippen LogP contribution in [0.25, 0.3) is 0 Å². The molecule has 0 aromatic rings. The fourth-order valence-electron chi connectivity index (χ4n) is 2.85. The van der Waals surface area contributed by atoms with E-state index in [0.717, 1.165) is 17.8 Å². The molecule has 90 valence electrons. The predicted molar refractivity (Wildman–Crippen MR) is 68.0 cm³/mol. The molecule has 3 unspecified atom stereocenters. The van der Waals surface area contributed by atoms with Gasteiger partial charge in [-0.15, -0.1) is 0 Å². The molecule has 0 aliphatic heterocycles. The lowest BCUT2D eigenvalue weighted by Crippen LogP contribution is -2.47. The summed E-state index contributed by atoms with van der Waals surface area (Å²) in [6.45, 7) is 15.4. The van der Waals surface area contributed by atoms with Crippen molar-refractivity contribution in [2.75, 3.05) is 13.6 Å². The van der Waals surface area contributed by atoms with E-state index in [1.807, 2.05) is 0 Å². The third-order valence-corrected chi connectivity index (χ3v) is 4.45. The summed E-state index contributed by atoms with van der Waals surface area (Å²) in [6.07, 6.45) is 1.43. The Bertz CT molecular complexity index is 202. The second-order valence-corrected chi connectivity index (χ2v) is 6.86. The molecule has 1 fully saturated rings. The first-order valence-corrected chi connectivity index (χ1v) is 6.43. The summed E-state index contributed by atoms with van der Waals surface area (Å²) < 4.78 is 0. The van der Waals surface area contributed by atoms with Gasteiger partial charge in [-0.3, -0.25) is 0 Å². The van der Waals surface area contributed by atoms with Crippen LogP contribution in [0.5, 0.6) is 0 Å². The smallest absolute Gasteiger partial charge is 0.00356 e. The van der Waals surface area contributed by atoms with Gasteiger partial charge in [0.05, 0.1) is 0 Å². The predicted octanol–water partition coefficient (Wildman–Crippen LogP) is 3.64. The van der Waals surface area contributed by atoms with Crippen molar-refractivity contribution in [3.8, 4) is 0 Å². The van der Waals surface area contributed by atoms with Gasteiger partial charge in [-0.2, -0.15) is 0 Å². The normalized spacial score (nSPS) is 32.2. The summed E-state index contributed by atoms with van der Waals surface area (Å²) in [4.78, 5) is 2.49. The molecule has 0 spiro atoms. The summed E-state index contributed by atoms with van der Waals surface area (Å²) in [5, 5.41) is 0. The minimum atomic E-state index is 0.506. The maximum atomic E-state index is 2.49. The second-order valence-electron chi connectivity index (χ2n) is 6.86. The molecule has 1 aliphatic rings. The second kappa shape index (κ2) is 4.45. The molecule has 0 bridgehead atoms. The third-order valence-electron chi connectivity index (χ3n) is 4.45. The van der Waals surface area contributed by atoms with E-state index in [2.05, 4.69) is 53.5 Å². The van der Waals surface area contributed by atoms with E-state index in [9.17, 15) is 0 Å². The van der Waals surface area contributed by atoms with Crippen LogP contribution in [-0.4, -0.2) is 24.5 Å². The molecule has 0 heterocycles. The van der Waals surface area contributed by atoms with E-state index in [1.54, 1.807) is 0 Å². The Morgan fingerprint density at radius 2 is 1.80 bits per heavy atom. The van der Waals surface area contributed by atoms with Gasteiger partial charge in [0.15, 0.2) is 0 Å². The minimum absolute atomic E-state index is 0.506. The lowest BCUT2D eigenvalue weighted by molar-refractivity contribution is -0.0180. The average Bonchev–Trinajstić information content (AvgIpc) is 2.07. The Hall–Kier alpha value is -0.0400. The Morgan fingerprint density at radius 1 is 1.27 bits per heavy atom. The first-order chi connectivity index (χ1) is 6.73. The van der Waals surface area contributed by atoms with Crippen LogP contribution in [0, 0.1) is 23.2 Å². The number of hydrogen-bond donors (Lipinski definition) is 0. The highest BCUT2D eigenvalue weighted by molar-refractivity contribution is 4.93. The largest absolute Gasteiger partial charge is 0.304 e. The molecular formula is C14H29N. The van der Waals surface area contributed by atoms with Crippen LogP contribution in [0.2, 0.25) is 0 Å². The lowest BCUT2D eigenvalue weighted by atomic mass is 9.56. The van der Waals surface area contributed by atoms with Crippen LogP contribution < -0.4 is 0 Å². The topological polar surface area (TPSA) is 3.24 Å². The fourth-order valence-corrected chi connectivity index (χ4v) is 2.85. The molecule has 0 N–H and O–H groups in total. The van der Waals surface area contributed by atoms with E-state index >= 15 is 0 Å². The van der Waals surface area contributed by atoms with Gasteiger partial charge in [0.1, 0.15) is 0 Å².